The van der Waals surface area contributed by atoms with Crippen molar-refractivity contribution in [2.24, 2.45) is 5.73 Å². The Balaban J connectivity index is 1.94. The van der Waals surface area contributed by atoms with Gasteiger partial charge in [0.15, 0.2) is 0 Å². The smallest absolute Gasteiger partial charge is 0.205 e. The van der Waals surface area contributed by atoms with Gasteiger partial charge < -0.3 is 10.6 Å². The van der Waals surface area contributed by atoms with E-state index in [1.165, 1.54) is 19.4 Å². The minimum Gasteiger partial charge on any atom is -0.346 e. The minimum atomic E-state index is 0.639. The Kier molecular flexibility index (Phi) is 6.19. The van der Waals surface area contributed by atoms with Gasteiger partial charge in [0.1, 0.15) is 5.82 Å². The first-order valence-electron chi connectivity index (χ1n) is 7.80. The van der Waals surface area contributed by atoms with Gasteiger partial charge in [0.2, 0.25) is 5.13 Å². The highest BCUT2D eigenvalue weighted by molar-refractivity contribution is 7.09. The Labute approximate surface area is 126 Å². The lowest BCUT2D eigenvalue weighted by Crippen LogP contribution is -2.39. The summed E-state index contributed by atoms with van der Waals surface area (Å²) in [6, 6.07) is 0.639. The zero-order chi connectivity index (χ0) is 14.4. The van der Waals surface area contributed by atoms with Gasteiger partial charge in [0.05, 0.1) is 0 Å². The van der Waals surface area contributed by atoms with Gasteiger partial charge >= 0.3 is 0 Å². The Morgan fingerprint density at radius 2 is 2.10 bits per heavy atom. The van der Waals surface area contributed by atoms with E-state index in [1.54, 1.807) is 11.5 Å². The number of rotatable bonds is 6. The summed E-state index contributed by atoms with van der Waals surface area (Å²) in [5.41, 5.74) is 5.73. The molecule has 1 saturated heterocycles. The van der Waals surface area contributed by atoms with Gasteiger partial charge in [-0.15, -0.1) is 0 Å². The number of nitrogens with zero attached hydrogens (tertiary/aromatic N) is 4. The van der Waals surface area contributed by atoms with Gasteiger partial charge in [-0.05, 0) is 25.8 Å². The molecule has 1 fully saturated rings. The number of aromatic nitrogens is 2. The molecule has 1 aromatic rings. The molecular weight excluding hydrogens is 270 g/mol. The van der Waals surface area contributed by atoms with Crippen molar-refractivity contribution < 1.29 is 0 Å². The van der Waals surface area contributed by atoms with E-state index in [-0.39, 0.29) is 0 Å². The Hall–Kier alpha value is -0.720. The predicted molar refractivity (Wildman–Crippen MR) is 85.4 cm³/mol. The van der Waals surface area contributed by atoms with Gasteiger partial charge in [-0.25, -0.2) is 4.98 Å². The standard InChI is InChI=1S/C14H27N5S/c1-3-12(6-7-15)18-8-5-9-19(11-10-18)14-16-13(4-2)17-20-14/h12H,3-11,15H2,1-2H3. The van der Waals surface area contributed by atoms with Crippen molar-refractivity contribution in [1.29, 1.82) is 0 Å². The largest absolute Gasteiger partial charge is 0.346 e. The predicted octanol–water partition coefficient (Wildman–Crippen LogP) is 1.74. The third-order valence-electron chi connectivity index (χ3n) is 4.06. The van der Waals surface area contributed by atoms with E-state index in [2.05, 4.69) is 33.0 Å². The Morgan fingerprint density at radius 1 is 1.25 bits per heavy atom. The van der Waals surface area contributed by atoms with Crippen molar-refractivity contribution >= 4 is 16.7 Å². The first-order valence-corrected chi connectivity index (χ1v) is 8.57. The summed E-state index contributed by atoms with van der Waals surface area (Å²) in [5, 5.41) is 1.09. The van der Waals surface area contributed by atoms with Crippen LogP contribution in [0.25, 0.3) is 0 Å². The summed E-state index contributed by atoms with van der Waals surface area (Å²) >= 11 is 1.54. The SMILES string of the molecule is CCc1nsc(N2CCCN(C(CC)CCN)CC2)n1. The number of nitrogens with two attached hydrogens (primary N) is 1. The van der Waals surface area contributed by atoms with Crippen LogP contribution in [-0.4, -0.2) is 53.0 Å². The third-order valence-corrected chi connectivity index (χ3v) is 4.88. The zero-order valence-corrected chi connectivity index (χ0v) is 13.5. The van der Waals surface area contributed by atoms with Crippen LogP contribution in [0.15, 0.2) is 0 Å². The normalized spacial score (nSPS) is 19.1. The number of anilines is 1. The molecule has 0 saturated carbocycles. The van der Waals surface area contributed by atoms with Crippen molar-refractivity contribution in [1.82, 2.24) is 14.3 Å². The quantitative estimate of drug-likeness (QED) is 0.867. The van der Waals surface area contributed by atoms with E-state index in [0.29, 0.717) is 6.04 Å². The van der Waals surface area contributed by atoms with Crippen molar-refractivity contribution in [3.8, 4) is 0 Å². The van der Waals surface area contributed by atoms with E-state index >= 15 is 0 Å². The van der Waals surface area contributed by atoms with Crippen LogP contribution in [0, 0.1) is 0 Å². The number of aryl methyl sites for hydroxylation is 1. The molecule has 0 amide bonds. The second kappa shape index (κ2) is 7.90. The summed E-state index contributed by atoms with van der Waals surface area (Å²) < 4.78 is 4.40. The molecule has 1 unspecified atom stereocenters. The Morgan fingerprint density at radius 3 is 2.75 bits per heavy atom. The minimum absolute atomic E-state index is 0.639. The molecule has 0 bridgehead atoms. The first kappa shape index (κ1) is 15.7. The monoisotopic (exact) mass is 297 g/mol. The van der Waals surface area contributed by atoms with Crippen molar-refractivity contribution in [3.05, 3.63) is 5.82 Å². The summed E-state index contributed by atoms with van der Waals surface area (Å²) in [6.07, 6.45) is 4.41. The summed E-state index contributed by atoms with van der Waals surface area (Å²) in [6.45, 7) is 9.59. The molecule has 0 aliphatic carbocycles. The van der Waals surface area contributed by atoms with Crippen molar-refractivity contribution in [2.45, 2.75) is 45.6 Å². The fourth-order valence-electron chi connectivity index (χ4n) is 2.85. The van der Waals surface area contributed by atoms with Crippen molar-refractivity contribution in [3.63, 3.8) is 0 Å². The molecule has 20 heavy (non-hydrogen) atoms. The molecule has 5 nitrogen and oxygen atoms in total. The second-order valence-electron chi connectivity index (χ2n) is 5.36. The van der Waals surface area contributed by atoms with Crippen LogP contribution < -0.4 is 10.6 Å². The summed E-state index contributed by atoms with van der Waals surface area (Å²) in [4.78, 5) is 9.62. The second-order valence-corrected chi connectivity index (χ2v) is 6.09. The summed E-state index contributed by atoms with van der Waals surface area (Å²) in [7, 11) is 0. The molecule has 1 aliphatic rings. The highest BCUT2D eigenvalue weighted by Gasteiger charge is 2.22. The molecule has 0 aromatic carbocycles. The summed E-state index contributed by atoms with van der Waals surface area (Å²) in [5.74, 6) is 0.973. The third kappa shape index (κ3) is 3.90. The maximum atomic E-state index is 5.73. The van der Waals surface area contributed by atoms with Gasteiger partial charge in [-0.2, -0.15) is 4.37 Å². The van der Waals surface area contributed by atoms with Crippen LogP contribution in [0.5, 0.6) is 0 Å². The average Bonchev–Trinajstić information content (AvgIpc) is 2.82. The molecule has 6 heteroatoms. The average molecular weight is 297 g/mol. The zero-order valence-electron chi connectivity index (χ0n) is 12.7. The highest BCUT2D eigenvalue weighted by atomic mass is 32.1. The van der Waals surface area contributed by atoms with Gasteiger partial charge in [0, 0.05) is 50.2 Å². The highest BCUT2D eigenvalue weighted by Crippen LogP contribution is 2.20. The lowest BCUT2D eigenvalue weighted by Gasteiger charge is -2.29. The van der Waals surface area contributed by atoms with Crippen LogP contribution in [-0.2, 0) is 6.42 Å². The molecule has 2 rings (SSSR count). The van der Waals surface area contributed by atoms with Gasteiger partial charge in [0.25, 0.3) is 0 Å². The van der Waals surface area contributed by atoms with Crippen LogP contribution in [0.4, 0.5) is 5.13 Å². The molecule has 2 heterocycles. The van der Waals surface area contributed by atoms with E-state index in [0.717, 1.165) is 50.0 Å². The maximum absolute atomic E-state index is 5.73. The molecule has 1 atom stereocenters. The molecule has 0 radical (unpaired) electrons. The van der Waals surface area contributed by atoms with Crippen LogP contribution >= 0.6 is 11.5 Å². The molecule has 0 spiro atoms. The molecule has 114 valence electrons. The van der Waals surface area contributed by atoms with E-state index in [4.69, 9.17) is 5.73 Å². The lowest BCUT2D eigenvalue weighted by atomic mass is 10.1. The molecule has 1 aromatic heterocycles. The van der Waals surface area contributed by atoms with E-state index < -0.39 is 0 Å². The van der Waals surface area contributed by atoms with Crippen LogP contribution in [0.2, 0.25) is 0 Å². The lowest BCUT2D eigenvalue weighted by molar-refractivity contribution is 0.196. The topological polar surface area (TPSA) is 58.3 Å². The Bertz CT molecular complexity index is 395. The van der Waals surface area contributed by atoms with Gasteiger partial charge in [-0.1, -0.05) is 13.8 Å². The van der Waals surface area contributed by atoms with Gasteiger partial charge in [-0.3, -0.25) is 4.90 Å². The van der Waals surface area contributed by atoms with Crippen molar-refractivity contribution in [2.75, 3.05) is 37.6 Å². The first-order chi connectivity index (χ1) is 9.78. The fraction of sp³-hybridized carbons (Fsp3) is 0.857. The molecule has 1 aliphatic heterocycles. The van der Waals surface area contributed by atoms with E-state index in [1.807, 2.05) is 0 Å². The van der Waals surface area contributed by atoms with Crippen LogP contribution in [0.1, 0.15) is 38.9 Å². The molecular formula is C14H27N5S. The molecule has 2 N–H and O–H groups in total. The van der Waals surface area contributed by atoms with Crippen LogP contribution in [0.3, 0.4) is 0 Å². The van der Waals surface area contributed by atoms with E-state index in [9.17, 15) is 0 Å². The number of hydrogen-bond donors (Lipinski definition) is 1. The number of hydrogen-bond acceptors (Lipinski definition) is 6. The maximum Gasteiger partial charge on any atom is 0.205 e. The fourth-order valence-corrected chi connectivity index (χ4v) is 3.65.